The van der Waals surface area contributed by atoms with Gasteiger partial charge in [-0.15, -0.1) is 6.58 Å². The van der Waals surface area contributed by atoms with Crippen LogP contribution in [0.25, 0.3) is 11.2 Å². The summed E-state index contributed by atoms with van der Waals surface area (Å²) in [5.74, 6) is -0.515. The Morgan fingerprint density at radius 1 is 1.46 bits per heavy atom. The molecule has 5 N–H and O–H groups in total. The van der Waals surface area contributed by atoms with Crippen molar-refractivity contribution >= 4 is 24.6 Å². The molecule has 11 nitrogen and oxygen atoms in total. The molecular formula is C12H16N5O6P. The van der Waals surface area contributed by atoms with Crippen LogP contribution in [0, 0.1) is 5.92 Å². The standard InChI is InChI=1S/C12H16N5O6P/c1-2-6-8(18)11(23-12(6)22-5-24(19,20)21)17-4-16-7-9(13)14-3-15-10(7)17/h2-4,6,8,11-12,18H,1,5H2,(H2,13,14,15)(H2,19,20,21). The zero-order chi connectivity index (χ0) is 17.5. The third kappa shape index (κ3) is 3.05. The number of aliphatic hydroxyl groups excluding tert-OH is 1. The van der Waals surface area contributed by atoms with Gasteiger partial charge in [0.2, 0.25) is 0 Å². The highest BCUT2D eigenvalue weighted by Crippen LogP contribution is 2.40. The van der Waals surface area contributed by atoms with E-state index in [2.05, 4.69) is 21.5 Å². The quantitative estimate of drug-likeness (QED) is 0.407. The van der Waals surface area contributed by atoms with Crippen LogP contribution >= 0.6 is 7.60 Å². The molecule has 130 valence electrons. The van der Waals surface area contributed by atoms with Gasteiger partial charge in [0.25, 0.3) is 0 Å². The predicted molar refractivity (Wildman–Crippen MR) is 81.3 cm³/mol. The molecule has 0 aliphatic carbocycles. The minimum Gasteiger partial charge on any atom is -0.388 e. The van der Waals surface area contributed by atoms with Gasteiger partial charge in [-0.1, -0.05) is 6.08 Å². The van der Waals surface area contributed by atoms with E-state index in [-0.39, 0.29) is 5.82 Å². The summed E-state index contributed by atoms with van der Waals surface area (Å²) in [7, 11) is -4.37. The van der Waals surface area contributed by atoms with Gasteiger partial charge in [0.1, 0.15) is 17.9 Å². The van der Waals surface area contributed by atoms with E-state index in [4.69, 9.17) is 25.0 Å². The van der Waals surface area contributed by atoms with Crippen LogP contribution in [-0.2, 0) is 14.0 Å². The Balaban J connectivity index is 1.89. The number of ether oxygens (including phenoxy) is 2. The summed E-state index contributed by atoms with van der Waals surface area (Å²) in [5, 5.41) is 10.5. The van der Waals surface area contributed by atoms with Gasteiger partial charge in [0.05, 0.1) is 12.2 Å². The summed E-state index contributed by atoms with van der Waals surface area (Å²) in [6.07, 6.45) is 0.108. The number of nitrogens with zero attached hydrogens (tertiary/aromatic N) is 4. The Hall–Kier alpha value is -1.88. The van der Waals surface area contributed by atoms with Crippen LogP contribution < -0.4 is 5.73 Å². The van der Waals surface area contributed by atoms with Gasteiger partial charge in [0, 0.05) is 0 Å². The molecule has 0 bridgehead atoms. The number of fused-ring (bicyclic) bond motifs is 1. The number of nitrogens with two attached hydrogens (primary N) is 1. The average molecular weight is 357 g/mol. The second kappa shape index (κ2) is 6.20. The molecule has 3 rings (SSSR count). The summed E-state index contributed by atoms with van der Waals surface area (Å²) in [6, 6.07) is 0. The molecule has 1 aliphatic heterocycles. The summed E-state index contributed by atoms with van der Waals surface area (Å²) in [6.45, 7) is 3.60. The second-order valence-electron chi connectivity index (χ2n) is 5.24. The summed E-state index contributed by atoms with van der Waals surface area (Å²) >= 11 is 0. The van der Waals surface area contributed by atoms with Crippen LogP contribution in [0.2, 0.25) is 0 Å². The SMILES string of the molecule is C=CC1C(OCP(=O)(O)O)OC(n2cnc3c(N)ncnc32)C1O. The van der Waals surface area contributed by atoms with Crippen LogP contribution in [-0.4, -0.2) is 53.2 Å². The first-order valence-corrected chi connectivity index (χ1v) is 8.67. The summed E-state index contributed by atoms with van der Waals surface area (Å²) in [4.78, 5) is 29.8. The maximum atomic E-state index is 11.0. The minimum absolute atomic E-state index is 0.181. The first-order chi connectivity index (χ1) is 11.3. The monoisotopic (exact) mass is 357 g/mol. The topological polar surface area (TPSA) is 166 Å². The van der Waals surface area contributed by atoms with Crippen molar-refractivity contribution in [2.24, 2.45) is 5.92 Å². The smallest absolute Gasteiger partial charge is 0.351 e. The van der Waals surface area contributed by atoms with Crippen molar-refractivity contribution in [1.82, 2.24) is 19.5 Å². The maximum absolute atomic E-state index is 11.0. The lowest BCUT2D eigenvalue weighted by Gasteiger charge is -2.17. The molecule has 0 amide bonds. The van der Waals surface area contributed by atoms with Crippen molar-refractivity contribution in [2.75, 3.05) is 12.1 Å². The minimum atomic E-state index is -4.37. The van der Waals surface area contributed by atoms with Gasteiger partial charge < -0.3 is 30.1 Å². The van der Waals surface area contributed by atoms with Crippen LogP contribution in [0.5, 0.6) is 0 Å². The van der Waals surface area contributed by atoms with E-state index in [0.29, 0.717) is 11.2 Å². The lowest BCUT2D eigenvalue weighted by atomic mass is 10.0. The third-order valence-corrected chi connectivity index (χ3v) is 4.10. The van der Waals surface area contributed by atoms with Crippen LogP contribution in [0.15, 0.2) is 25.3 Å². The fourth-order valence-electron chi connectivity index (χ4n) is 2.52. The lowest BCUT2D eigenvalue weighted by molar-refractivity contribution is -0.151. The average Bonchev–Trinajstić information content (AvgIpc) is 3.06. The molecular weight excluding hydrogens is 341 g/mol. The molecule has 0 aromatic carbocycles. The fraction of sp³-hybridized carbons (Fsp3) is 0.417. The summed E-state index contributed by atoms with van der Waals surface area (Å²) < 4.78 is 23.1. The van der Waals surface area contributed by atoms with Gasteiger partial charge in [0.15, 0.2) is 30.3 Å². The van der Waals surface area contributed by atoms with E-state index in [1.807, 2.05) is 0 Å². The first kappa shape index (κ1) is 17.0. The van der Waals surface area contributed by atoms with E-state index >= 15 is 0 Å². The highest BCUT2D eigenvalue weighted by Gasteiger charge is 2.45. The van der Waals surface area contributed by atoms with Gasteiger partial charge in [-0.25, -0.2) is 15.0 Å². The zero-order valence-electron chi connectivity index (χ0n) is 12.3. The molecule has 2 aromatic heterocycles. The van der Waals surface area contributed by atoms with Gasteiger partial charge in [-0.05, 0) is 0 Å². The molecule has 4 atom stereocenters. The number of anilines is 1. The molecule has 1 aliphatic rings. The van der Waals surface area contributed by atoms with Crippen molar-refractivity contribution in [3.8, 4) is 0 Å². The summed E-state index contributed by atoms with van der Waals surface area (Å²) in [5.41, 5.74) is 6.42. The number of imidazole rings is 1. The molecule has 3 heterocycles. The largest absolute Gasteiger partial charge is 0.388 e. The number of hydrogen-bond acceptors (Lipinski definition) is 8. The van der Waals surface area contributed by atoms with E-state index in [1.165, 1.54) is 23.3 Å². The lowest BCUT2D eigenvalue weighted by Crippen LogP contribution is -2.26. The molecule has 4 unspecified atom stereocenters. The predicted octanol–water partition coefficient (Wildman–Crippen LogP) is -0.422. The van der Waals surface area contributed by atoms with Gasteiger partial charge in [-0.2, -0.15) is 0 Å². The third-order valence-electron chi connectivity index (χ3n) is 3.61. The maximum Gasteiger partial charge on any atom is 0.351 e. The first-order valence-electron chi connectivity index (χ1n) is 6.87. The number of aliphatic hydroxyl groups is 1. The van der Waals surface area contributed by atoms with Crippen molar-refractivity contribution in [2.45, 2.75) is 18.6 Å². The molecule has 0 spiro atoms. The number of hydrogen-bond donors (Lipinski definition) is 4. The van der Waals surface area contributed by atoms with Crippen molar-refractivity contribution in [1.29, 1.82) is 0 Å². The second-order valence-corrected chi connectivity index (χ2v) is 6.83. The van der Waals surface area contributed by atoms with Crippen molar-refractivity contribution < 1.29 is 28.9 Å². The van der Waals surface area contributed by atoms with E-state index < -0.39 is 38.5 Å². The Morgan fingerprint density at radius 2 is 2.21 bits per heavy atom. The zero-order valence-corrected chi connectivity index (χ0v) is 13.2. The van der Waals surface area contributed by atoms with Crippen LogP contribution in [0.3, 0.4) is 0 Å². The highest BCUT2D eigenvalue weighted by atomic mass is 31.2. The Labute approximate surface area is 135 Å². The molecule has 24 heavy (non-hydrogen) atoms. The fourth-order valence-corrected chi connectivity index (χ4v) is 2.86. The van der Waals surface area contributed by atoms with Crippen molar-refractivity contribution in [3.63, 3.8) is 0 Å². The molecule has 1 saturated heterocycles. The van der Waals surface area contributed by atoms with E-state index in [9.17, 15) is 9.67 Å². The molecule has 0 radical (unpaired) electrons. The Morgan fingerprint density at radius 3 is 2.88 bits per heavy atom. The van der Waals surface area contributed by atoms with Crippen LogP contribution in [0.1, 0.15) is 6.23 Å². The molecule has 12 heteroatoms. The normalized spacial score (nSPS) is 27.6. The molecule has 2 aromatic rings. The van der Waals surface area contributed by atoms with E-state index in [0.717, 1.165) is 0 Å². The number of rotatable bonds is 5. The Kier molecular flexibility index (Phi) is 4.38. The molecule has 1 fully saturated rings. The number of aromatic nitrogens is 4. The van der Waals surface area contributed by atoms with Gasteiger partial charge >= 0.3 is 7.60 Å². The van der Waals surface area contributed by atoms with Gasteiger partial charge in [-0.3, -0.25) is 9.13 Å². The molecule has 0 saturated carbocycles. The number of nitrogen functional groups attached to an aromatic ring is 1. The highest BCUT2D eigenvalue weighted by molar-refractivity contribution is 7.51. The van der Waals surface area contributed by atoms with E-state index in [1.54, 1.807) is 0 Å². The van der Waals surface area contributed by atoms with Crippen LogP contribution in [0.4, 0.5) is 5.82 Å². The van der Waals surface area contributed by atoms with Crippen molar-refractivity contribution in [3.05, 3.63) is 25.3 Å². The Bertz CT molecular complexity index is 806.